The third kappa shape index (κ3) is 4.79. The lowest BCUT2D eigenvalue weighted by Crippen LogP contribution is -2.47. The summed E-state index contributed by atoms with van der Waals surface area (Å²) in [5.74, 6) is 0.733. The average molecular weight is 315 g/mol. The van der Waals surface area contributed by atoms with Gasteiger partial charge >= 0.3 is 0 Å². The van der Waals surface area contributed by atoms with Gasteiger partial charge in [-0.1, -0.05) is 24.3 Å². The van der Waals surface area contributed by atoms with E-state index in [1.54, 1.807) is 0 Å². The zero-order valence-corrected chi connectivity index (χ0v) is 14.3. The van der Waals surface area contributed by atoms with Crippen molar-refractivity contribution in [3.05, 3.63) is 35.4 Å². The van der Waals surface area contributed by atoms with Crippen molar-refractivity contribution in [1.82, 2.24) is 15.1 Å². The fourth-order valence-corrected chi connectivity index (χ4v) is 3.71. The molecule has 23 heavy (non-hydrogen) atoms. The molecule has 0 radical (unpaired) electrons. The maximum Gasteiger partial charge on any atom is 0.220 e. The van der Waals surface area contributed by atoms with E-state index >= 15 is 0 Å². The minimum atomic E-state index is 0.225. The zero-order valence-electron chi connectivity index (χ0n) is 14.3. The van der Waals surface area contributed by atoms with Crippen molar-refractivity contribution >= 4 is 5.91 Å². The molecule has 2 aliphatic rings. The summed E-state index contributed by atoms with van der Waals surface area (Å²) in [4.78, 5) is 17.0. The predicted molar refractivity (Wildman–Crippen MR) is 93.5 cm³/mol. The number of benzene rings is 1. The Morgan fingerprint density at radius 1 is 1.17 bits per heavy atom. The zero-order chi connectivity index (χ0) is 16.1. The molecule has 1 amide bonds. The van der Waals surface area contributed by atoms with Crippen LogP contribution in [0.15, 0.2) is 24.3 Å². The Balaban J connectivity index is 1.35. The Hall–Kier alpha value is -1.39. The van der Waals surface area contributed by atoms with Crippen LogP contribution in [0.2, 0.25) is 0 Å². The third-order valence-electron chi connectivity index (χ3n) is 5.27. The van der Waals surface area contributed by atoms with Crippen LogP contribution >= 0.6 is 0 Å². The van der Waals surface area contributed by atoms with Crippen molar-refractivity contribution in [2.45, 2.75) is 25.7 Å². The number of hydrogen-bond donors (Lipinski definition) is 1. The molecule has 1 aromatic rings. The Morgan fingerprint density at radius 2 is 1.91 bits per heavy atom. The number of nitrogens with zero attached hydrogens (tertiary/aromatic N) is 2. The van der Waals surface area contributed by atoms with Gasteiger partial charge in [0, 0.05) is 45.7 Å². The Morgan fingerprint density at radius 3 is 2.70 bits per heavy atom. The topological polar surface area (TPSA) is 35.6 Å². The first-order valence-electron chi connectivity index (χ1n) is 8.95. The molecule has 4 heteroatoms. The molecule has 0 spiro atoms. The largest absolute Gasteiger partial charge is 0.355 e. The summed E-state index contributed by atoms with van der Waals surface area (Å²) in [6, 6.07) is 8.66. The molecule has 1 atom stereocenters. The van der Waals surface area contributed by atoms with Gasteiger partial charge in [-0.3, -0.25) is 9.69 Å². The molecular formula is C19H29N3O. The van der Waals surface area contributed by atoms with Crippen molar-refractivity contribution < 1.29 is 4.79 Å². The molecule has 0 unspecified atom stereocenters. The fraction of sp³-hybridized carbons (Fsp3) is 0.632. The maximum atomic E-state index is 12.2. The molecule has 4 nitrogen and oxygen atoms in total. The van der Waals surface area contributed by atoms with Gasteiger partial charge in [-0.2, -0.15) is 0 Å². The summed E-state index contributed by atoms with van der Waals surface area (Å²) >= 11 is 0. The number of carbonyl (C=O) groups is 1. The highest BCUT2D eigenvalue weighted by Gasteiger charge is 2.21. The van der Waals surface area contributed by atoms with Gasteiger partial charge in [0.25, 0.3) is 0 Å². The molecule has 1 heterocycles. The monoisotopic (exact) mass is 315 g/mol. The summed E-state index contributed by atoms with van der Waals surface area (Å²) in [5, 5.41) is 3.12. The number of carbonyl (C=O) groups excluding carboxylic acids is 1. The summed E-state index contributed by atoms with van der Waals surface area (Å²) in [5.41, 5.74) is 2.91. The molecule has 0 aromatic heterocycles. The van der Waals surface area contributed by atoms with E-state index in [2.05, 4.69) is 46.4 Å². The molecule has 1 aromatic carbocycles. The smallest absolute Gasteiger partial charge is 0.220 e. The van der Waals surface area contributed by atoms with Crippen molar-refractivity contribution in [3.8, 4) is 0 Å². The second-order valence-corrected chi connectivity index (χ2v) is 7.08. The van der Waals surface area contributed by atoms with Gasteiger partial charge in [0.15, 0.2) is 0 Å². The standard InChI is InChI=1S/C19H29N3O/c1-21-10-12-22(13-11-21)9-8-20-19(23)15-16-6-7-17-4-2-3-5-18(17)14-16/h2-5,16H,6-15H2,1H3,(H,20,23)/t16-/m1/s1. The number of piperazine rings is 1. The first kappa shape index (κ1) is 16.5. The molecular weight excluding hydrogens is 286 g/mol. The van der Waals surface area contributed by atoms with Crippen LogP contribution in [-0.2, 0) is 17.6 Å². The van der Waals surface area contributed by atoms with Crippen LogP contribution in [0.5, 0.6) is 0 Å². The second kappa shape index (κ2) is 7.93. The first-order chi connectivity index (χ1) is 11.2. The van der Waals surface area contributed by atoms with Crippen LogP contribution in [-0.4, -0.2) is 62.0 Å². The van der Waals surface area contributed by atoms with E-state index in [9.17, 15) is 4.79 Å². The van der Waals surface area contributed by atoms with E-state index in [4.69, 9.17) is 0 Å². The third-order valence-corrected chi connectivity index (χ3v) is 5.27. The predicted octanol–water partition coefficient (Wildman–Crippen LogP) is 1.55. The number of amides is 1. The summed E-state index contributed by atoms with van der Waals surface area (Å²) in [6.45, 7) is 6.27. The van der Waals surface area contributed by atoms with Crippen molar-refractivity contribution in [1.29, 1.82) is 0 Å². The summed E-state index contributed by atoms with van der Waals surface area (Å²) in [7, 11) is 2.17. The lowest BCUT2D eigenvalue weighted by molar-refractivity contribution is -0.122. The molecule has 1 aliphatic carbocycles. The van der Waals surface area contributed by atoms with Gasteiger partial charge in [-0.25, -0.2) is 0 Å². The number of rotatable bonds is 5. The molecule has 1 fully saturated rings. The average Bonchev–Trinajstić information content (AvgIpc) is 2.56. The first-order valence-corrected chi connectivity index (χ1v) is 8.95. The maximum absolute atomic E-state index is 12.2. The van der Waals surface area contributed by atoms with Gasteiger partial charge in [0.2, 0.25) is 5.91 Å². The van der Waals surface area contributed by atoms with Gasteiger partial charge in [-0.05, 0) is 43.4 Å². The van der Waals surface area contributed by atoms with Gasteiger partial charge < -0.3 is 10.2 Å². The molecule has 126 valence electrons. The highest BCUT2D eigenvalue weighted by Crippen LogP contribution is 2.27. The normalized spacial score (nSPS) is 22.6. The van der Waals surface area contributed by atoms with Gasteiger partial charge in [-0.15, -0.1) is 0 Å². The lowest BCUT2D eigenvalue weighted by atomic mass is 9.82. The van der Waals surface area contributed by atoms with Crippen LogP contribution in [0.3, 0.4) is 0 Å². The SMILES string of the molecule is CN1CCN(CCNC(=O)C[C@@H]2CCc3ccccc3C2)CC1. The van der Waals surface area contributed by atoms with Crippen LogP contribution in [0.25, 0.3) is 0 Å². The van der Waals surface area contributed by atoms with Gasteiger partial charge in [0.1, 0.15) is 0 Å². The van der Waals surface area contributed by atoms with Crippen LogP contribution in [0, 0.1) is 5.92 Å². The lowest BCUT2D eigenvalue weighted by Gasteiger charge is -2.32. The van der Waals surface area contributed by atoms with E-state index in [-0.39, 0.29) is 5.91 Å². The number of aryl methyl sites for hydroxylation is 1. The van der Waals surface area contributed by atoms with Gasteiger partial charge in [0.05, 0.1) is 0 Å². The van der Waals surface area contributed by atoms with E-state index < -0.39 is 0 Å². The van der Waals surface area contributed by atoms with E-state index in [0.717, 1.165) is 58.5 Å². The van der Waals surface area contributed by atoms with Crippen molar-refractivity contribution in [2.75, 3.05) is 46.3 Å². The minimum Gasteiger partial charge on any atom is -0.355 e. The molecule has 1 aliphatic heterocycles. The number of likely N-dealkylation sites (N-methyl/N-ethyl adjacent to an activating group) is 1. The number of hydrogen-bond acceptors (Lipinski definition) is 3. The van der Waals surface area contributed by atoms with Crippen molar-refractivity contribution in [2.24, 2.45) is 5.92 Å². The summed E-state index contributed by atoms with van der Waals surface area (Å²) < 4.78 is 0. The molecule has 0 bridgehead atoms. The molecule has 3 rings (SSSR count). The van der Waals surface area contributed by atoms with Crippen LogP contribution < -0.4 is 5.32 Å². The highest BCUT2D eigenvalue weighted by atomic mass is 16.1. The van der Waals surface area contributed by atoms with Crippen LogP contribution in [0.4, 0.5) is 0 Å². The Labute approximate surface area is 139 Å². The number of fused-ring (bicyclic) bond motifs is 1. The fourth-order valence-electron chi connectivity index (χ4n) is 3.71. The summed E-state index contributed by atoms with van der Waals surface area (Å²) in [6.07, 6.45) is 4.00. The van der Waals surface area contributed by atoms with E-state index in [0.29, 0.717) is 12.3 Å². The minimum absolute atomic E-state index is 0.225. The highest BCUT2D eigenvalue weighted by molar-refractivity contribution is 5.76. The van der Waals surface area contributed by atoms with E-state index in [1.165, 1.54) is 11.1 Å². The Kier molecular flexibility index (Phi) is 5.68. The molecule has 1 N–H and O–H groups in total. The van der Waals surface area contributed by atoms with Crippen molar-refractivity contribution in [3.63, 3.8) is 0 Å². The van der Waals surface area contributed by atoms with E-state index in [1.807, 2.05) is 0 Å². The molecule has 1 saturated heterocycles. The number of nitrogens with one attached hydrogen (secondary N) is 1. The Bertz CT molecular complexity index is 523. The molecule has 0 saturated carbocycles. The van der Waals surface area contributed by atoms with Crippen LogP contribution in [0.1, 0.15) is 24.0 Å². The quantitative estimate of drug-likeness (QED) is 0.895. The second-order valence-electron chi connectivity index (χ2n) is 7.08.